The molecular weight excluding hydrogens is 827 g/mol. The number of aliphatic hydroxyl groups is 4. The highest BCUT2D eigenvalue weighted by atomic mass is 19.1. The summed E-state index contributed by atoms with van der Waals surface area (Å²) in [5, 5.41) is 45.4. The summed E-state index contributed by atoms with van der Waals surface area (Å²) >= 11 is 0. The number of allylic oxidation sites excluding steroid dienone is 2. The monoisotopic (exact) mass is 886 g/mol. The summed E-state index contributed by atoms with van der Waals surface area (Å²) < 4.78 is 38.6. The molecule has 2 aliphatic carbocycles. The molecule has 12 nitrogen and oxygen atoms in total. The molecule has 1 heterocycles. The van der Waals surface area contributed by atoms with Crippen LogP contribution in [0, 0.1) is 41.2 Å². The first-order valence-electron chi connectivity index (χ1n) is 22.4. The standard InChI is InChI=1S/C50H60F2N2O10/c1-4-29(2)50(62)64-44-27-38(56)25-33-6-5-30(3)41(47(33)44)20-17-37(55)26-39(57)28-45(59)53-24-23-46(60)63-40-18-9-32(10-19-40)48-42(21-22-43(58)31-7-11-34(51)12-8-31)49(61)54(48)36-15-13-35(52)14-16-36/h5-16,18-19,25,29-30,37-39,41-44,47-48,55-58H,4,17,20-24,26-28H2,1-3H3,(H,53,59)/t29-,30-,37+,38+,39+,41-,42+,43-,44-,47-,48+/m0/s1. The van der Waals surface area contributed by atoms with Gasteiger partial charge in [-0.25, -0.2) is 8.78 Å². The largest absolute Gasteiger partial charge is 0.461 e. The Hall–Kier alpha value is -5.28. The minimum Gasteiger partial charge on any atom is -0.461 e. The number of hydrogen-bond donors (Lipinski definition) is 5. The lowest BCUT2D eigenvalue weighted by Gasteiger charge is -2.48. The maximum Gasteiger partial charge on any atom is 0.312 e. The molecule has 1 saturated heterocycles. The maximum absolute atomic E-state index is 13.7. The Kier molecular flexibility index (Phi) is 16.6. The maximum atomic E-state index is 13.7. The van der Waals surface area contributed by atoms with E-state index >= 15 is 0 Å². The van der Waals surface area contributed by atoms with Gasteiger partial charge in [-0.3, -0.25) is 19.2 Å². The van der Waals surface area contributed by atoms with Gasteiger partial charge in [0.1, 0.15) is 23.5 Å². The molecule has 14 heteroatoms. The molecule has 5 N–H and O–H groups in total. The summed E-state index contributed by atoms with van der Waals surface area (Å²) in [5.41, 5.74) is 2.68. The van der Waals surface area contributed by atoms with Gasteiger partial charge in [0.25, 0.3) is 0 Å². The van der Waals surface area contributed by atoms with Crippen LogP contribution < -0.4 is 15.0 Å². The van der Waals surface area contributed by atoms with Crippen molar-refractivity contribution in [3.63, 3.8) is 0 Å². The number of esters is 2. The van der Waals surface area contributed by atoms with Crippen molar-refractivity contribution < 1.29 is 57.9 Å². The molecule has 1 fully saturated rings. The predicted octanol–water partition coefficient (Wildman–Crippen LogP) is 6.96. The minimum atomic E-state index is -1.13. The van der Waals surface area contributed by atoms with E-state index in [-0.39, 0.29) is 73.5 Å². The number of rotatable bonds is 20. The van der Waals surface area contributed by atoms with Crippen LogP contribution in [0.4, 0.5) is 14.5 Å². The fraction of sp³-hybridized carbons (Fsp3) is 0.480. The van der Waals surface area contributed by atoms with E-state index in [0.717, 1.165) is 11.1 Å². The van der Waals surface area contributed by atoms with Crippen molar-refractivity contribution in [3.8, 4) is 5.75 Å². The van der Waals surface area contributed by atoms with Crippen LogP contribution in [0.3, 0.4) is 0 Å². The van der Waals surface area contributed by atoms with Crippen molar-refractivity contribution >= 4 is 29.4 Å². The predicted molar refractivity (Wildman–Crippen MR) is 234 cm³/mol. The highest BCUT2D eigenvalue weighted by Gasteiger charge is 2.48. The molecule has 11 atom stereocenters. The number of carbonyl (C=O) groups is 4. The van der Waals surface area contributed by atoms with Crippen LogP contribution in [0.5, 0.6) is 5.75 Å². The van der Waals surface area contributed by atoms with Crippen LogP contribution in [0.15, 0.2) is 96.6 Å². The number of β-lactam (4-membered cyclic amide) rings is 1. The quantitative estimate of drug-likeness (QED) is 0.0452. The summed E-state index contributed by atoms with van der Waals surface area (Å²) in [5.74, 6) is -2.98. The Morgan fingerprint density at radius 1 is 0.906 bits per heavy atom. The number of carbonyl (C=O) groups excluding carboxylic acids is 4. The Morgan fingerprint density at radius 3 is 2.25 bits per heavy atom. The number of benzene rings is 3. The van der Waals surface area contributed by atoms with Crippen molar-refractivity contribution in [1.29, 1.82) is 0 Å². The second kappa shape index (κ2) is 22.1. The van der Waals surface area contributed by atoms with E-state index in [0.29, 0.717) is 43.4 Å². The molecule has 2 amide bonds. The summed E-state index contributed by atoms with van der Waals surface area (Å²) in [4.78, 5) is 53.1. The first kappa shape index (κ1) is 48.2. The summed E-state index contributed by atoms with van der Waals surface area (Å²) in [7, 11) is 0. The number of halogens is 2. The summed E-state index contributed by atoms with van der Waals surface area (Å²) in [6.45, 7) is 5.76. The summed E-state index contributed by atoms with van der Waals surface area (Å²) in [6, 6.07) is 17.3. The first-order valence-corrected chi connectivity index (χ1v) is 22.4. The van der Waals surface area contributed by atoms with Gasteiger partial charge in [-0.15, -0.1) is 0 Å². The number of nitrogens with zero attached hydrogens (tertiary/aromatic N) is 1. The average Bonchev–Trinajstić information content (AvgIpc) is 3.26. The first-order chi connectivity index (χ1) is 30.6. The average molecular weight is 887 g/mol. The third-order valence-electron chi connectivity index (χ3n) is 12.9. The molecule has 3 aromatic rings. The fourth-order valence-corrected chi connectivity index (χ4v) is 9.11. The van der Waals surface area contributed by atoms with Crippen molar-refractivity contribution in [2.75, 3.05) is 11.4 Å². The number of ether oxygens (including phenoxy) is 2. The second-order valence-electron chi connectivity index (χ2n) is 17.5. The van der Waals surface area contributed by atoms with Gasteiger partial charge < -0.3 is 40.1 Å². The van der Waals surface area contributed by atoms with Gasteiger partial charge in [0, 0.05) is 24.6 Å². The van der Waals surface area contributed by atoms with Crippen molar-refractivity contribution in [2.24, 2.45) is 29.6 Å². The lowest BCUT2D eigenvalue weighted by atomic mass is 9.66. The SMILES string of the molecule is CC[C@H](C)C(=O)O[C@H]1C[C@H](O)C=C2C=C[C@H](C)[C@H](CC[C@@H](O)C[C@@H](O)CC(=O)NCCC(=O)Oc3ccc([C@@H]4[C@@H](CC[C@H](O)c5ccc(F)cc5)C(=O)N4c4ccc(F)cc4)cc3)[C@H]21. The van der Waals surface area contributed by atoms with Gasteiger partial charge >= 0.3 is 11.9 Å². The molecule has 0 bridgehead atoms. The van der Waals surface area contributed by atoms with Gasteiger partial charge in [-0.1, -0.05) is 63.3 Å². The van der Waals surface area contributed by atoms with Crippen molar-refractivity contribution in [2.45, 2.75) is 115 Å². The van der Waals surface area contributed by atoms with E-state index in [4.69, 9.17) is 9.47 Å². The Labute approximate surface area is 373 Å². The highest BCUT2D eigenvalue weighted by Crippen LogP contribution is 2.47. The number of anilines is 1. The zero-order valence-corrected chi connectivity index (χ0v) is 36.5. The molecule has 3 aliphatic rings. The molecule has 1 aliphatic heterocycles. The minimum absolute atomic E-state index is 0.0251. The second-order valence-corrected chi connectivity index (χ2v) is 17.5. The van der Waals surface area contributed by atoms with Gasteiger partial charge in [-0.2, -0.15) is 0 Å². The van der Waals surface area contributed by atoms with Crippen LogP contribution in [0.25, 0.3) is 0 Å². The van der Waals surface area contributed by atoms with E-state index in [1.165, 1.54) is 48.5 Å². The third kappa shape index (κ3) is 12.3. The molecule has 0 saturated carbocycles. The normalized spacial score (nSPS) is 24.6. The molecule has 0 spiro atoms. The number of fused-ring (bicyclic) bond motifs is 1. The number of aliphatic hydroxyl groups excluding tert-OH is 4. The van der Waals surface area contributed by atoms with E-state index in [1.54, 1.807) is 35.2 Å². The molecular formula is C50H60F2N2O10. The third-order valence-corrected chi connectivity index (χ3v) is 12.9. The van der Waals surface area contributed by atoms with E-state index in [1.807, 2.05) is 19.9 Å². The van der Waals surface area contributed by atoms with Gasteiger partial charge in [0.15, 0.2) is 0 Å². The van der Waals surface area contributed by atoms with Crippen LogP contribution in [-0.2, 0) is 23.9 Å². The smallest absolute Gasteiger partial charge is 0.312 e. The fourth-order valence-electron chi connectivity index (χ4n) is 9.11. The van der Waals surface area contributed by atoms with Crippen molar-refractivity contribution in [1.82, 2.24) is 5.32 Å². The van der Waals surface area contributed by atoms with Crippen molar-refractivity contribution in [3.05, 3.63) is 119 Å². The number of nitrogens with one attached hydrogen (secondary N) is 1. The zero-order valence-electron chi connectivity index (χ0n) is 36.5. The number of amides is 2. The number of hydrogen-bond acceptors (Lipinski definition) is 10. The Bertz CT molecular complexity index is 2130. The molecule has 344 valence electrons. The van der Waals surface area contributed by atoms with Crippen LogP contribution >= 0.6 is 0 Å². The van der Waals surface area contributed by atoms with Gasteiger partial charge in [0.2, 0.25) is 11.8 Å². The van der Waals surface area contributed by atoms with E-state index in [2.05, 4.69) is 18.3 Å². The lowest BCUT2D eigenvalue weighted by molar-refractivity contribution is -0.159. The Balaban J connectivity index is 0.947. The van der Waals surface area contributed by atoms with Crippen LogP contribution in [0.1, 0.15) is 102 Å². The zero-order chi connectivity index (χ0) is 46.1. The van der Waals surface area contributed by atoms with E-state index in [9.17, 15) is 48.4 Å². The molecule has 0 aromatic heterocycles. The molecule has 64 heavy (non-hydrogen) atoms. The van der Waals surface area contributed by atoms with E-state index < -0.39 is 66.0 Å². The molecule has 3 aromatic carbocycles. The summed E-state index contributed by atoms with van der Waals surface area (Å²) in [6.07, 6.45) is 3.67. The van der Waals surface area contributed by atoms with Gasteiger partial charge in [0.05, 0.1) is 55.1 Å². The topological polar surface area (TPSA) is 183 Å². The van der Waals surface area contributed by atoms with Crippen LogP contribution in [-0.4, -0.2) is 75.1 Å². The molecule has 0 radical (unpaired) electrons. The lowest BCUT2D eigenvalue weighted by Crippen LogP contribution is -2.55. The van der Waals surface area contributed by atoms with Crippen LogP contribution in [0.2, 0.25) is 0 Å². The Morgan fingerprint density at radius 2 is 1.58 bits per heavy atom. The molecule has 0 unspecified atom stereocenters. The molecule has 6 rings (SSSR count). The highest BCUT2D eigenvalue weighted by molar-refractivity contribution is 6.03. The van der Waals surface area contributed by atoms with Gasteiger partial charge in [-0.05, 0) is 116 Å².